The number of nitrogens with one attached hydrogen (secondary N) is 1. The van der Waals surface area contributed by atoms with Crippen LogP contribution in [0, 0.1) is 0 Å². The average Bonchev–Trinajstić information content (AvgIpc) is 2.93. The molecule has 19 heavy (non-hydrogen) atoms. The molecular weight excluding hydrogens is 244 g/mol. The molecule has 2 heterocycles. The second-order valence-corrected chi connectivity index (χ2v) is 4.63. The molecule has 1 aromatic rings. The molecule has 1 saturated heterocycles. The molecule has 0 radical (unpaired) electrons. The topological polar surface area (TPSA) is 89.2 Å². The number of aromatic nitrogens is 3. The largest absolute Gasteiger partial charge is 0.463 e. The maximum Gasteiger partial charge on any atom is 0.323 e. The first kappa shape index (κ1) is 13.8. The van der Waals surface area contributed by atoms with Gasteiger partial charge >= 0.3 is 6.01 Å². The number of hydrogen-bond acceptors (Lipinski definition) is 7. The van der Waals surface area contributed by atoms with Crippen LogP contribution in [0.1, 0.15) is 39.5 Å². The van der Waals surface area contributed by atoms with E-state index < -0.39 is 0 Å². The molecule has 1 fully saturated rings. The molecule has 0 spiro atoms. The van der Waals surface area contributed by atoms with Crippen molar-refractivity contribution < 1.29 is 4.74 Å². The molecule has 7 nitrogen and oxygen atoms in total. The summed E-state index contributed by atoms with van der Waals surface area (Å²) in [5, 5.41) is 0. The Morgan fingerprint density at radius 1 is 1.37 bits per heavy atom. The van der Waals surface area contributed by atoms with Crippen molar-refractivity contribution in [2.75, 3.05) is 23.5 Å². The normalized spacial score (nSPS) is 18.7. The van der Waals surface area contributed by atoms with Crippen LogP contribution in [-0.2, 0) is 0 Å². The van der Waals surface area contributed by atoms with Crippen molar-refractivity contribution in [2.24, 2.45) is 5.84 Å². The Morgan fingerprint density at radius 3 is 2.89 bits per heavy atom. The summed E-state index contributed by atoms with van der Waals surface area (Å²) in [7, 11) is 0. The van der Waals surface area contributed by atoms with Crippen molar-refractivity contribution in [2.45, 2.75) is 45.6 Å². The van der Waals surface area contributed by atoms with Gasteiger partial charge in [-0.2, -0.15) is 15.0 Å². The van der Waals surface area contributed by atoms with E-state index in [9.17, 15) is 0 Å². The molecule has 1 aromatic heterocycles. The van der Waals surface area contributed by atoms with Gasteiger partial charge in [-0.3, -0.25) is 5.43 Å². The minimum atomic E-state index is 0.335. The lowest BCUT2D eigenvalue weighted by molar-refractivity contribution is 0.291. The zero-order valence-corrected chi connectivity index (χ0v) is 11.6. The molecule has 0 aliphatic carbocycles. The summed E-state index contributed by atoms with van der Waals surface area (Å²) in [6, 6.07) is 0.827. The lowest BCUT2D eigenvalue weighted by Gasteiger charge is -2.23. The fourth-order valence-electron chi connectivity index (χ4n) is 2.32. The molecule has 1 aliphatic rings. The predicted molar refractivity (Wildman–Crippen MR) is 74.1 cm³/mol. The summed E-state index contributed by atoms with van der Waals surface area (Å²) in [6.45, 7) is 5.78. The van der Waals surface area contributed by atoms with Crippen LogP contribution in [0.3, 0.4) is 0 Å². The van der Waals surface area contributed by atoms with Crippen LogP contribution in [0.25, 0.3) is 0 Å². The molecular formula is C12H22N6O. The molecule has 2 rings (SSSR count). The van der Waals surface area contributed by atoms with E-state index in [2.05, 4.69) is 32.2 Å². The standard InChI is InChI=1S/C12H22N6O/c1-3-8-19-12-15-10(17-13)14-11(16-12)18-7-5-6-9(18)4-2/h9H,3-8,13H2,1-2H3,(H,14,15,16,17). The van der Waals surface area contributed by atoms with E-state index in [0.29, 0.717) is 30.6 Å². The van der Waals surface area contributed by atoms with Crippen LogP contribution in [0.2, 0.25) is 0 Å². The minimum absolute atomic E-state index is 0.335. The van der Waals surface area contributed by atoms with E-state index in [1.807, 2.05) is 6.92 Å². The average molecular weight is 266 g/mol. The summed E-state index contributed by atoms with van der Waals surface area (Å²) in [5.74, 6) is 6.40. The van der Waals surface area contributed by atoms with Gasteiger partial charge in [0, 0.05) is 12.6 Å². The fourth-order valence-corrected chi connectivity index (χ4v) is 2.32. The Hall–Kier alpha value is -1.63. The summed E-state index contributed by atoms with van der Waals surface area (Å²) in [5.41, 5.74) is 2.47. The lowest BCUT2D eigenvalue weighted by Crippen LogP contribution is -2.31. The van der Waals surface area contributed by atoms with Crippen molar-refractivity contribution in [3.05, 3.63) is 0 Å². The zero-order valence-electron chi connectivity index (χ0n) is 11.6. The molecule has 106 valence electrons. The maximum atomic E-state index is 5.48. The van der Waals surface area contributed by atoms with Crippen molar-refractivity contribution in [1.29, 1.82) is 0 Å². The van der Waals surface area contributed by atoms with Gasteiger partial charge in [0.15, 0.2) is 0 Å². The van der Waals surface area contributed by atoms with E-state index in [0.717, 1.165) is 19.4 Å². The van der Waals surface area contributed by atoms with E-state index in [-0.39, 0.29) is 0 Å². The first-order valence-corrected chi connectivity index (χ1v) is 6.90. The van der Waals surface area contributed by atoms with Gasteiger partial charge in [0.2, 0.25) is 11.9 Å². The molecule has 0 aromatic carbocycles. The molecule has 0 amide bonds. The van der Waals surface area contributed by atoms with Crippen LogP contribution in [0.5, 0.6) is 6.01 Å². The number of nitrogen functional groups attached to an aromatic ring is 1. The Bertz CT molecular complexity index is 413. The molecule has 1 unspecified atom stereocenters. The number of nitrogens with two attached hydrogens (primary N) is 1. The third kappa shape index (κ3) is 3.23. The quantitative estimate of drug-likeness (QED) is 0.593. The Kier molecular flexibility index (Phi) is 4.73. The summed E-state index contributed by atoms with van der Waals surface area (Å²) >= 11 is 0. The highest BCUT2D eigenvalue weighted by atomic mass is 16.5. The second kappa shape index (κ2) is 6.51. The Labute approximate surface area is 113 Å². The first-order valence-electron chi connectivity index (χ1n) is 6.90. The van der Waals surface area contributed by atoms with Gasteiger partial charge in [-0.05, 0) is 25.7 Å². The minimum Gasteiger partial charge on any atom is -0.463 e. The number of hydrazine groups is 1. The van der Waals surface area contributed by atoms with Crippen LogP contribution in [-0.4, -0.2) is 34.1 Å². The van der Waals surface area contributed by atoms with Crippen LogP contribution in [0.4, 0.5) is 11.9 Å². The molecule has 0 bridgehead atoms. The van der Waals surface area contributed by atoms with Crippen LogP contribution >= 0.6 is 0 Å². The number of nitrogens with zero attached hydrogens (tertiary/aromatic N) is 4. The van der Waals surface area contributed by atoms with Crippen LogP contribution < -0.4 is 20.9 Å². The van der Waals surface area contributed by atoms with Gasteiger partial charge in [0.05, 0.1) is 6.61 Å². The smallest absolute Gasteiger partial charge is 0.323 e. The van der Waals surface area contributed by atoms with Gasteiger partial charge < -0.3 is 9.64 Å². The van der Waals surface area contributed by atoms with Gasteiger partial charge in [0.1, 0.15) is 0 Å². The van der Waals surface area contributed by atoms with Crippen LogP contribution in [0.15, 0.2) is 0 Å². The molecule has 1 aliphatic heterocycles. The highest BCUT2D eigenvalue weighted by Gasteiger charge is 2.26. The number of anilines is 2. The number of hydrogen-bond donors (Lipinski definition) is 2. The van der Waals surface area contributed by atoms with E-state index in [1.165, 1.54) is 12.8 Å². The van der Waals surface area contributed by atoms with E-state index in [1.54, 1.807) is 0 Å². The van der Waals surface area contributed by atoms with Crippen molar-refractivity contribution in [3.63, 3.8) is 0 Å². The third-order valence-electron chi connectivity index (χ3n) is 3.27. The van der Waals surface area contributed by atoms with Crippen molar-refractivity contribution in [3.8, 4) is 6.01 Å². The molecule has 1 atom stereocenters. The second-order valence-electron chi connectivity index (χ2n) is 4.63. The van der Waals surface area contributed by atoms with Crippen molar-refractivity contribution in [1.82, 2.24) is 15.0 Å². The molecule has 0 saturated carbocycles. The highest BCUT2D eigenvalue weighted by molar-refractivity contribution is 5.39. The summed E-state index contributed by atoms with van der Waals surface area (Å²) in [4.78, 5) is 15.0. The maximum absolute atomic E-state index is 5.48. The van der Waals surface area contributed by atoms with Gasteiger partial charge in [-0.25, -0.2) is 5.84 Å². The van der Waals surface area contributed by atoms with E-state index in [4.69, 9.17) is 10.6 Å². The third-order valence-corrected chi connectivity index (χ3v) is 3.27. The van der Waals surface area contributed by atoms with Gasteiger partial charge in [0.25, 0.3) is 0 Å². The number of ether oxygens (including phenoxy) is 1. The fraction of sp³-hybridized carbons (Fsp3) is 0.750. The molecule has 3 N–H and O–H groups in total. The van der Waals surface area contributed by atoms with Crippen molar-refractivity contribution >= 4 is 11.9 Å². The lowest BCUT2D eigenvalue weighted by atomic mass is 10.2. The Balaban J connectivity index is 2.23. The van der Waals surface area contributed by atoms with Gasteiger partial charge in [-0.15, -0.1) is 0 Å². The Morgan fingerprint density at radius 2 is 2.21 bits per heavy atom. The molecule has 7 heteroatoms. The highest BCUT2D eigenvalue weighted by Crippen LogP contribution is 2.25. The zero-order chi connectivity index (χ0) is 13.7. The van der Waals surface area contributed by atoms with E-state index >= 15 is 0 Å². The summed E-state index contributed by atoms with van der Waals surface area (Å²) < 4.78 is 5.48. The SMILES string of the molecule is CCCOc1nc(NN)nc(N2CCCC2CC)n1. The number of rotatable bonds is 6. The van der Waals surface area contributed by atoms with Gasteiger partial charge in [-0.1, -0.05) is 13.8 Å². The summed E-state index contributed by atoms with van der Waals surface area (Å²) in [6.07, 6.45) is 4.34. The monoisotopic (exact) mass is 266 g/mol. The first-order chi connectivity index (χ1) is 9.28. The predicted octanol–water partition coefficient (Wildman–Crippen LogP) is 1.32.